The van der Waals surface area contributed by atoms with Gasteiger partial charge in [-0.15, -0.1) is 12.3 Å². The van der Waals surface area contributed by atoms with Crippen molar-refractivity contribution >= 4 is 16.9 Å². The monoisotopic (exact) mass is 390 g/mol. The largest absolute Gasteiger partial charge is 0.354 e. The van der Waals surface area contributed by atoms with E-state index in [4.69, 9.17) is 6.42 Å². The summed E-state index contributed by atoms with van der Waals surface area (Å²) in [5.74, 6) is 2.47. The van der Waals surface area contributed by atoms with Crippen molar-refractivity contribution < 1.29 is 4.79 Å². The number of hydrogen-bond donors (Lipinski definition) is 1. The summed E-state index contributed by atoms with van der Waals surface area (Å²) in [5.41, 5.74) is 3.09. The molecule has 1 aliphatic rings. The van der Waals surface area contributed by atoms with Crippen LogP contribution in [0.15, 0.2) is 34.9 Å². The zero-order valence-corrected chi connectivity index (χ0v) is 16.5. The Bertz CT molecular complexity index is 1130. The topological polar surface area (TPSA) is 102 Å². The Morgan fingerprint density at radius 1 is 1.34 bits per heavy atom. The lowest BCUT2D eigenvalue weighted by Crippen LogP contribution is -2.31. The van der Waals surface area contributed by atoms with E-state index in [1.54, 1.807) is 15.6 Å². The van der Waals surface area contributed by atoms with E-state index in [1.165, 1.54) is 0 Å². The molecular formula is C20H22N8O. The molecule has 1 aliphatic heterocycles. The highest BCUT2D eigenvalue weighted by Crippen LogP contribution is 2.36. The van der Waals surface area contributed by atoms with Gasteiger partial charge in [0.05, 0.1) is 11.9 Å². The van der Waals surface area contributed by atoms with E-state index in [1.807, 2.05) is 32.4 Å². The van der Waals surface area contributed by atoms with Crippen LogP contribution < -0.4 is 5.32 Å². The molecule has 0 unspecified atom stereocenters. The number of rotatable bonds is 8. The van der Waals surface area contributed by atoms with Gasteiger partial charge in [-0.25, -0.2) is 9.67 Å². The second kappa shape index (κ2) is 7.47. The summed E-state index contributed by atoms with van der Waals surface area (Å²) in [7, 11) is 1.88. The van der Waals surface area contributed by atoms with Crippen LogP contribution >= 0.6 is 0 Å². The highest BCUT2D eigenvalue weighted by Gasteiger charge is 2.38. The van der Waals surface area contributed by atoms with Crippen LogP contribution in [-0.2, 0) is 18.4 Å². The number of carbonyl (C=O) groups is 1. The first kappa shape index (κ1) is 18.8. The lowest BCUT2D eigenvalue weighted by molar-refractivity contribution is -0.121. The molecule has 0 aromatic carbocycles. The summed E-state index contributed by atoms with van der Waals surface area (Å²) in [6, 6.07) is 1.94. The Kier molecular flexibility index (Phi) is 4.84. The van der Waals surface area contributed by atoms with Crippen molar-refractivity contribution in [1.82, 2.24) is 29.9 Å². The fraction of sp³-hybridized carbons (Fsp3) is 0.400. The zero-order valence-electron chi connectivity index (χ0n) is 16.5. The van der Waals surface area contributed by atoms with E-state index < -0.39 is 5.66 Å². The number of nitrogens with zero attached hydrogens (tertiary/aromatic N) is 7. The molecule has 9 heteroatoms. The smallest absolute Gasteiger partial charge is 0.241 e. The third-order valence-electron chi connectivity index (χ3n) is 5.02. The molecule has 1 amide bonds. The number of terminal acetylenes is 1. The summed E-state index contributed by atoms with van der Waals surface area (Å²) in [6.07, 6.45) is 12.8. The molecule has 0 saturated carbocycles. The van der Waals surface area contributed by atoms with Crippen LogP contribution in [0.1, 0.15) is 25.0 Å². The van der Waals surface area contributed by atoms with E-state index in [0.717, 1.165) is 28.6 Å². The van der Waals surface area contributed by atoms with Crippen molar-refractivity contribution in [3.63, 3.8) is 0 Å². The lowest BCUT2D eigenvalue weighted by atomic mass is 10.0. The van der Waals surface area contributed by atoms with Crippen LogP contribution in [-0.4, -0.2) is 42.7 Å². The van der Waals surface area contributed by atoms with E-state index in [0.29, 0.717) is 25.0 Å². The fourth-order valence-electron chi connectivity index (χ4n) is 3.45. The van der Waals surface area contributed by atoms with Crippen LogP contribution in [0.4, 0.5) is 0 Å². The molecule has 0 saturated heterocycles. The number of pyridine rings is 1. The molecular weight excluding hydrogens is 368 g/mol. The van der Waals surface area contributed by atoms with Crippen LogP contribution in [0, 0.1) is 19.3 Å². The standard InChI is InChI=1S/C20H22N8O/c1-4-5-7-20(25-26-20)8-10-21-17(29)13-28-19-18(14(2)24-28)16(6-9-22-19)15-11-23-27(3)12-15/h1,6,9,11-12H,5,7-8,10,13H2,2-3H3,(H,21,29). The highest BCUT2D eigenvalue weighted by molar-refractivity contribution is 5.95. The van der Waals surface area contributed by atoms with E-state index in [-0.39, 0.29) is 12.5 Å². The van der Waals surface area contributed by atoms with Crippen molar-refractivity contribution in [3.8, 4) is 23.5 Å². The molecule has 0 bridgehead atoms. The predicted molar refractivity (Wildman–Crippen MR) is 108 cm³/mol. The Hall–Kier alpha value is -3.54. The van der Waals surface area contributed by atoms with Crippen LogP contribution in [0.25, 0.3) is 22.2 Å². The third kappa shape index (κ3) is 3.87. The third-order valence-corrected chi connectivity index (χ3v) is 5.02. The van der Waals surface area contributed by atoms with Crippen molar-refractivity contribution in [3.05, 3.63) is 30.4 Å². The van der Waals surface area contributed by atoms with E-state index in [9.17, 15) is 4.79 Å². The normalized spacial score (nSPS) is 14.1. The molecule has 3 aromatic heterocycles. The average Bonchev–Trinajstić information content (AvgIpc) is 3.22. The summed E-state index contributed by atoms with van der Waals surface area (Å²) >= 11 is 0. The number of amides is 1. The van der Waals surface area contributed by atoms with Gasteiger partial charge >= 0.3 is 0 Å². The first-order valence-corrected chi connectivity index (χ1v) is 9.47. The van der Waals surface area contributed by atoms with Crippen molar-refractivity contribution in [2.24, 2.45) is 17.3 Å². The molecule has 29 heavy (non-hydrogen) atoms. The second-order valence-electron chi connectivity index (χ2n) is 7.19. The van der Waals surface area contributed by atoms with E-state index in [2.05, 4.69) is 36.6 Å². The summed E-state index contributed by atoms with van der Waals surface area (Å²) in [4.78, 5) is 16.9. The van der Waals surface area contributed by atoms with Gasteiger partial charge in [0.25, 0.3) is 0 Å². The Labute approximate surface area is 168 Å². The van der Waals surface area contributed by atoms with Crippen LogP contribution in [0.5, 0.6) is 0 Å². The minimum Gasteiger partial charge on any atom is -0.354 e. The van der Waals surface area contributed by atoms with E-state index >= 15 is 0 Å². The minimum atomic E-state index is -0.394. The SMILES string of the molecule is C#CCCC1(CCNC(=O)Cn2nc(C)c3c(-c4cnn(C)c4)ccnc32)N=N1. The van der Waals surface area contributed by atoms with Gasteiger partial charge in [0.2, 0.25) is 5.91 Å². The molecule has 3 aromatic rings. The molecule has 0 fully saturated rings. The molecule has 0 radical (unpaired) electrons. The number of aryl methyl sites for hydroxylation is 2. The van der Waals surface area contributed by atoms with Crippen molar-refractivity contribution in [2.45, 2.75) is 38.4 Å². The van der Waals surface area contributed by atoms with Crippen molar-refractivity contribution in [1.29, 1.82) is 0 Å². The molecule has 148 valence electrons. The quantitative estimate of drug-likeness (QED) is 0.596. The number of nitrogens with one attached hydrogen (secondary N) is 1. The maximum absolute atomic E-state index is 12.4. The molecule has 9 nitrogen and oxygen atoms in total. The molecule has 4 rings (SSSR count). The number of carbonyl (C=O) groups excluding carboxylic acids is 1. The van der Waals surface area contributed by atoms with Gasteiger partial charge < -0.3 is 5.32 Å². The van der Waals surface area contributed by atoms with Crippen LogP contribution in [0.2, 0.25) is 0 Å². The molecule has 0 spiro atoms. The first-order valence-electron chi connectivity index (χ1n) is 9.47. The molecule has 0 atom stereocenters. The fourth-order valence-corrected chi connectivity index (χ4v) is 3.45. The summed E-state index contributed by atoms with van der Waals surface area (Å²) < 4.78 is 3.39. The number of hydrogen-bond acceptors (Lipinski definition) is 6. The van der Waals surface area contributed by atoms with Gasteiger partial charge in [-0.2, -0.15) is 20.4 Å². The van der Waals surface area contributed by atoms with Gasteiger partial charge in [0.1, 0.15) is 6.54 Å². The molecule has 4 heterocycles. The Morgan fingerprint density at radius 3 is 2.86 bits per heavy atom. The van der Waals surface area contributed by atoms with Gasteiger partial charge in [0.15, 0.2) is 11.3 Å². The van der Waals surface area contributed by atoms with Gasteiger partial charge in [-0.3, -0.25) is 9.48 Å². The Morgan fingerprint density at radius 2 is 2.17 bits per heavy atom. The second-order valence-corrected chi connectivity index (χ2v) is 7.19. The molecule has 1 N–H and O–H groups in total. The summed E-state index contributed by atoms with van der Waals surface area (Å²) in [5, 5.41) is 20.8. The average molecular weight is 390 g/mol. The highest BCUT2D eigenvalue weighted by atomic mass is 16.2. The number of fused-ring (bicyclic) bond motifs is 1. The molecule has 0 aliphatic carbocycles. The lowest BCUT2D eigenvalue weighted by Gasteiger charge is -2.10. The summed E-state index contributed by atoms with van der Waals surface area (Å²) in [6.45, 7) is 2.51. The zero-order chi connectivity index (χ0) is 20.4. The van der Waals surface area contributed by atoms with Crippen molar-refractivity contribution in [2.75, 3.05) is 6.54 Å². The van der Waals surface area contributed by atoms with Gasteiger partial charge in [-0.05, 0) is 18.6 Å². The number of aromatic nitrogens is 5. The van der Waals surface area contributed by atoms with Crippen LogP contribution in [0.3, 0.4) is 0 Å². The maximum atomic E-state index is 12.4. The minimum absolute atomic E-state index is 0.0967. The first-order chi connectivity index (χ1) is 14.0. The Balaban J connectivity index is 1.45. The predicted octanol–water partition coefficient (Wildman–Crippen LogP) is 2.22. The maximum Gasteiger partial charge on any atom is 0.241 e. The van der Waals surface area contributed by atoms with Gasteiger partial charge in [0, 0.05) is 56.2 Å². The van der Waals surface area contributed by atoms with Gasteiger partial charge in [-0.1, -0.05) is 0 Å².